The third-order valence-corrected chi connectivity index (χ3v) is 4.97. The zero-order valence-corrected chi connectivity index (χ0v) is 15.5. The maximum atomic E-state index is 12.9. The first-order chi connectivity index (χ1) is 12.9. The second-order valence-corrected chi connectivity index (χ2v) is 6.94. The molecule has 2 N–H and O–H groups in total. The SMILES string of the molecule is Cc1cccc(C(=O)c2ccccc2C(=O)Nc2nc(C)c(C(=O)O)s2)c1. The van der Waals surface area contributed by atoms with Gasteiger partial charge in [0, 0.05) is 11.1 Å². The van der Waals surface area contributed by atoms with Gasteiger partial charge in [-0.2, -0.15) is 0 Å². The molecular weight excluding hydrogens is 364 g/mol. The normalized spacial score (nSPS) is 10.4. The van der Waals surface area contributed by atoms with Crippen molar-refractivity contribution >= 4 is 34.1 Å². The Hall–Kier alpha value is -3.32. The molecule has 1 heterocycles. The molecule has 0 radical (unpaired) electrons. The topological polar surface area (TPSA) is 96.4 Å². The van der Waals surface area contributed by atoms with Gasteiger partial charge in [0.05, 0.1) is 11.3 Å². The standard InChI is InChI=1S/C20H16N2O4S/c1-11-6-5-7-13(10-11)16(23)14-8-3-4-9-15(14)18(24)22-20-21-12(2)17(27-20)19(25)26/h3-10H,1-2H3,(H,25,26)(H,21,22,24). The summed E-state index contributed by atoms with van der Waals surface area (Å²) in [6.45, 7) is 3.45. The summed E-state index contributed by atoms with van der Waals surface area (Å²) in [5.74, 6) is -1.87. The molecule has 0 aliphatic heterocycles. The largest absolute Gasteiger partial charge is 0.477 e. The number of carbonyl (C=O) groups is 3. The van der Waals surface area contributed by atoms with Crippen molar-refractivity contribution in [2.24, 2.45) is 0 Å². The van der Waals surface area contributed by atoms with Gasteiger partial charge >= 0.3 is 5.97 Å². The number of amides is 1. The van der Waals surface area contributed by atoms with Crippen LogP contribution in [0.1, 0.15) is 47.2 Å². The molecule has 1 aromatic heterocycles. The number of ketones is 1. The first-order valence-corrected chi connectivity index (χ1v) is 8.91. The summed E-state index contributed by atoms with van der Waals surface area (Å²) in [5.41, 5.74) is 2.24. The summed E-state index contributed by atoms with van der Waals surface area (Å²) >= 11 is 0.876. The third kappa shape index (κ3) is 3.93. The molecule has 0 atom stereocenters. The third-order valence-electron chi connectivity index (χ3n) is 3.91. The Balaban J connectivity index is 1.91. The fraction of sp³-hybridized carbons (Fsp3) is 0.100. The van der Waals surface area contributed by atoms with Crippen LogP contribution in [-0.2, 0) is 0 Å². The van der Waals surface area contributed by atoms with Crippen LogP contribution in [0.2, 0.25) is 0 Å². The fourth-order valence-electron chi connectivity index (χ4n) is 2.63. The molecule has 3 rings (SSSR count). The zero-order chi connectivity index (χ0) is 19.6. The molecule has 7 heteroatoms. The maximum absolute atomic E-state index is 12.9. The number of nitrogens with one attached hydrogen (secondary N) is 1. The number of aryl methyl sites for hydroxylation is 2. The summed E-state index contributed by atoms with van der Waals surface area (Å²) in [5, 5.41) is 11.9. The summed E-state index contributed by atoms with van der Waals surface area (Å²) in [4.78, 5) is 40.8. The van der Waals surface area contributed by atoms with Gasteiger partial charge in [0.2, 0.25) is 0 Å². The Bertz CT molecular complexity index is 1060. The van der Waals surface area contributed by atoms with E-state index in [1.165, 1.54) is 0 Å². The van der Waals surface area contributed by atoms with Crippen LogP contribution in [-0.4, -0.2) is 27.8 Å². The van der Waals surface area contributed by atoms with Crippen molar-refractivity contribution in [3.05, 3.63) is 81.4 Å². The molecule has 3 aromatic rings. The van der Waals surface area contributed by atoms with Gasteiger partial charge in [-0.3, -0.25) is 14.9 Å². The van der Waals surface area contributed by atoms with Crippen molar-refractivity contribution in [1.29, 1.82) is 0 Å². The highest BCUT2D eigenvalue weighted by Gasteiger charge is 2.20. The number of anilines is 1. The van der Waals surface area contributed by atoms with Gasteiger partial charge in [0.15, 0.2) is 10.9 Å². The number of hydrogen-bond donors (Lipinski definition) is 2. The molecule has 0 saturated heterocycles. The van der Waals surface area contributed by atoms with E-state index in [0.717, 1.165) is 16.9 Å². The van der Waals surface area contributed by atoms with Crippen LogP contribution in [0.3, 0.4) is 0 Å². The Morgan fingerprint density at radius 1 is 1.00 bits per heavy atom. The first-order valence-electron chi connectivity index (χ1n) is 8.09. The molecule has 0 unspecified atom stereocenters. The van der Waals surface area contributed by atoms with E-state index in [2.05, 4.69) is 10.3 Å². The average Bonchev–Trinajstić information content (AvgIpc) is 3.01. The van der Waals surface area contributed by atoms with Crippen molar-refractivity contribution in [1.82, 2.24) is 4.98 Å². The molecule has 0 saturated carbocycles. The molecule has 2 aromatic carbocycles. The van der Waals surface area contributed by atoms with E-state index >= 15 is 0 Å². The second kappa shape index (κ2) is 7.51. The molecular formula is C20H16N2O4S. The highest BCUT2D eigenvalue weighted by atomic mass is 32.1. The van der Waals surface area contributed by atoms with Crippen LogP contribution in [0.25, 0.3) is 0 Å². The number of aromatic carboxylic acids is 1. The summed E-state index contributed by atoms with van der Waals surface area (Å²) < 4.78 is 0. The first kappa shape index (κ1) is 18.5. The van der Waals surface area contributed by atoms with Gasteiger partial charge < -0.3 is 5.11 Å². The van der Waals surface area contributed by atoms with Gasteiger partial charge in [-0.05, 0) is 26.0 Å². The van der Waals surface area contributed by atoms with Crippen molar-refractivity contribution < 1.29 is 19.5 Å². The molecule has 0 aliphatic rings. The number of thiazole rings is 1. The van der Waals surface area contributed by atoms with E-state index in [-0.39, 0.29) is 26.9 Å². The number of carboxylic acid groups (broad SMARTS) is 1. The number of carboxylic acids is 1. The monoisotopic (exact) mass is 380 g/mol. The van der Waals surface area contributed by atoms with Crippen molar-refractivity contribution in [2.75, 3.05) is 5.32 Å². The Labute approximate surface area is 159 Å². The lowest BCUT2D eigenvalue weighted by Gasteiger charge is -2.08. The van der Waals surface area contributed by atoms with Crippen LogP contribution < -0.4 is 5.32 Å². The lowest BCUT2D eigenvalue weighted by Crippen LogP contribution is -2.17. The molecule has 6 nitrogen and oxygen atoms in total. The van der Waals surface area contributed by atoms with Crippen molar-refractivity contribution in [2.45, 2.75) is 13.8 Å². The van der Waals surface area contributed by atoms with E-state index in [1.54, 1.807) is 49.4 Å². The van der Waals surface area contributed by atoms with E-state index in [0.29, 0.717) is 11.3 Å². The molecule has 0 fully saturated rings. The lowest BCUT2D eigenvalue weighted by molar-refractivity contribution is 0.0700. The number of hydrogen-bond acceptors (Lipinski definition) is 5. The van der Waals surface area contributed by atoms with E-state index in [4.69, 9.17) is 5.11 Å². The molecule has 1 amide bonds. The lowest BCUT2D eigenvalue weighted by atomic mass is 9.97. The molecule has 136 valence electrons. The number of aromatic nitrogens is 1. The quantitative estimate of drug-likeness (QED) is 0.654. The van der Waals surface area contributed by atoms with E-state index in [1.807, 2.05) is 13.0 Å². The maximum Gasteiger partial charge on any atom is 0.347 e. The Morgan fingerprint density at radius 3 is 2.33 bits per heavy atom. The predicted octanol–water partition coefficient (Wildman–Crippen LogP) is 3.94. The van der Waals surface area contributed by atoms with Crippen LogP contribution in [0, 0.1) is 13.8 Å². The smallest absolute Gasteiger partial charge is 0.347 e. The Morgan fingerprint density at radius 2 is 1.70 bits per heavy atom. The van der Waals surface area contributed by atoms with Crippen LogP contribution in [0.15, 0.2) is 48.5 Å². The minimum Gasteiger partial charge on any atom is -0.477 e. The number of carbonyl (C=O) groups excluding carboxylic acids is 2. The van der Waals surface area contributed by atoms with Gasteiger partial charge in [0.25, 0.3) is 5.91 Å². The molecule has 0 aliphatic carbocycles. The van der Waals surface area contributed by atoms with Crippen LogP contribution in [0.4, 0.5) is 5.13 Å². The van der Waals surface area contributed by atoms with Gasteiger partial charge in [-0.1, -0.05) is 53.3 Å². The van der Waals surface area contributed by atoms with Crippen molar-refractivity contribution in [3.63, 3.8) is 0 Å². The number of benzene rings is 2. The minimum absolute atomic E-state index is 0.0643. The highest BCUT2D eigenvalue weighted by molar-refractivity contribution is 7.17. The van der Waals surface area contributed by atoms with Gasteiger partial charge in [-0.25, -0.2) is 9.78 Å². The highest BCUT2D eigenvalue weighted by Crippen LogP contribution is 2.24. The zero-order valence-electron chi connectivity index (χ0n) is 14.6. The molecule has 0 bridgehead atoms. The van der Waals surface area contributed by atoms with Gasteiger partial charge in [-0.15, -0.1) is 0 Å². The van der Waals surface area contributed by atoms with Gasteiger partial charge in [0.1, 0.15) is 4.88 Å². The van der Waals surface area contributed by atoms with Crippen molar-refractivity contribution in [3.8, 4) is 0 Å². The summed E-state index contributed by atoms with van der Waals surface area (Å²) in [6.07, 6.45) is 0. The summed E-state index contributed by atoms with van der Waals surface area (Å²) in [6, 6.07) is 13.6. The Kier molecular flexibility index (Phi) is 5.14. The van der Waals surface area contributed by atoms with E-state index in [9.17, 15) is 14.4 Å². The van der Waals surface area contributed by atoms with E-state index < -0.39 is 11.9 Å². The summed E-state index contributed by atoms with van der Waals surface area (Å²) in [7, 11) is 0. The minimum atomic E-state index is -1.10. The number of nitrogens with zero attached hydrogens (tertiary/aromatic N) is 1. The second-order valence-electron chi connectivity index (χ2n) is 5.94. The predicted molar refractivity (Wildman–Crippen MR) is 103 cm³/mol. The fourth-order valence-corrected chi connectivity index (χ4v) is 3.43. The molecule has 27 heavy (non-hydrogen) atoms. The average molecular weight is 380 g/mol. The number of rotatable bonds is 5. The van der Waals surface area contributed by atoms with Crippen LogP contribution in [0.5, 0.6) is 0 Å². The molecule has 0 spiro atoms. The van der Waals surface area contributed by atoms with Crippen LogP contribution >= 0.6 is 11.3 Å².